The van der Waals surface area contributed by atoms with Crippen LogP contribution in [0.25, 0.3) is 0 Å². The van der Waals surface area contributed by atoms with E-state index in [0.29, 0.717) is 16.7 Å². The van der Waals surface area contributed by atoms with Gasteiger partial charge in [0.1, 0.15) is 22.2 Å². The van der Waals surface area contributed by atoms with Gasteiger partial charge in [0.05, 0.1) is 12.7 Å². The van der Waals surface area contributed by atoms with Gasteiger partial charge in [-0.3, -0.25) is 4.79 Å². The molecule has 0 spiro atoms. The van der Waals surface area contributed by atoms with Gasteiger partial charge in [0.25, 0.3) is 5.91 Å². The van der Waals surface area contributed by atoms with E-state index >= 15 is 0 Å². The number of nitrogens with one attached hydrogen (secondary N) is 2. The van der Waals surface area contributed by atoms with E-state index in [1.54, 1.807) is 25.4 Å². The highest BCUT2D eigenvalue weighted by Crippen LogP contribution is 2.34. The number of ether oxygens (including phenoxy) is 2. The maximum absolute atomic E-state index is 12.3. The highest BCUT2D eigenvalue weighted by molar-refractivity contribution is 7.71. The van der Waals surface area contributed by atoms with Gasteiger partial charge in [0.2, 0.25) is 0 Å². The molecule has 0 unspecified atom stereocenters. The molecule has 1 atom stereocenters. The molecule has 1 aromatic heterocycles. The highest BCUT2D eigenvalue weighted by atomic mass is 32.1. The lowest BCUT2D eigenvalue weighted by Gasteiger charge is -2.12. The van der Waals surface area contributed by atoms with Crippen LogP contribution < -0.4 is 14.8 Å². The van der Waals surface area contributed by atoms with E-state index in [2.05, 4.69) is 10.3 Å². The molecule has 0 aliphatic carbocycles. The number of hydrogen-bond donors (Lipinski definition) is 2. The molecule has 1 amide bonds. The number of amides is 1. The summed E-state index contributed by atoms with van der Waals surface area (Å²) in [6.45, 7) is 2.38. The Balaban J connectivity index is 1.78. The van der Waals surface area contributed by atoms with Crippen LogP contribution in [0.3, 0.4) is 0 Å². The molecule has 1 aliphatic heterocycles. The molecule has 2 aromatic rings. The van der Waals surface area contributed by atoms with Crippen LogP contribution >= 0.6 is 12.2 Å². The molecule has 0 saturated heterocycles. The van der Waals surface area contributed by atoms with Crippen LogP contribution in [0, 0.1) is 4.64 Å². The molecule has 0 saturated carbocycles. The van der Waals surface area contributed by atoms with Gasteiger partial charge in [-0.05, 0) is 31.2 Å². The molecule has 5 nitrogen and oxygen atoms in total. The standard InChI is InChI=1S/C17H18N2O3S/c1-10-6-11-7-14(21-2)12(8-15(11)22-10)9-19-16(20)13-4-3-5-18-17(13)23/h3-5,7-8,10H,6,9H2,1-2H3,(H,18,23)(H,19,20)/t10-/m0/s1. The van der Waals surface area contributed by atoms with Crippen molar-refractivity contribution in [1.82, 2.24) is 10.3 Å². The van der Waals surface area contributed by atoms with E-state index in [0.717, 1.165) is 29.0 Å². The fourth-order valence-corrected chi connectivity index (χ4v) is 2.91. The Hall–Kier alpha value is -2.34. The van der Waals surface area contributed by atoms with Gasteiger partial charge in [0.15, 0.2) is 0 Å². The van der Waals surface area contributed by atoms with Crippen LogP contribution in [-0.4, -0.2) is 24.1 Å². The van der Waals surface area contributed by atoms with Gasteiger partial charge in [-0.2, -0.15) is 0 Å². The summed E-state index contributed by atoms with van der Waals surface area (Å²) in [6, 6.07) is 7.35. The van der Waals surface area contributed by atoms with Crippen molar-refractivity contribution in [3.63, 3.8) is 0 Å². The number of carbonyl (C=O) groups excluding carboxylic acids is 1. The Labute approximate surface area is 139 Å². The van der Waals surface area contributed by atoms with Crippen molar-refractivity contribution < 1.29 is 14.3 Å². The third kappa shape index (κ3) is 3.22. The number of carbonyl (C=O) groups is 1. The zero-order valence-electron chi connectivity index (χ0n) is 13.0. The molecular weight excluding hydrogens is 312 g/mol. The first-order valence-electron chi connectivity index (χ1n) is 7.41. The molecular formula is C17H18N2O3S. The van der Waals surface area contributed by atoms with Crippen molar-refractivity contribution in [2.45, 2.75) is 26.0 Å². The van der Waals surface area contributed by atoms with Crippen molar-refractivity contribution in [2.75, 3.05) is 7.11 Å². The van der Waals surface area contributed by atoms with Gasteiger partial charge in [-0.1, -0.05) is 12.2 Å². The van der Waals surface area contributed by atoms with Crippen molar-refractivity contribution in [1.29, 1.82) is 0 Å². The third-order valence-electron chi connectivity index (χ3n) is 3.80. The second kappa shape index (κ2) is 6.42. The number of fused-ring (bicyclic) bond motifs is 1. The fourth-order valence-electron chi connectivity index (χ4n) is 2.68. The molecule has 120 valence electrons. The van der Waals surface area contributed by atoms with Crippen molar-refractivity contribution in [2.24, 2.45) is 0 Å². The van der Waals surface area contributed by atoms with Gasteiger partial charge in [-0.15, -0.1) is 0 Å². The first-order chi connectivity index (χ1) is 11.1. The third-order valence-corrected chi connectivity index (χ3v) is 4.14. The van der Waals surface area contributed by atoms with Crippen LogP contribution in [0.15, 0.2) is 30.5 Å². The lowest BCUT2D eigenvalue weighted by atomic mass is 10.1. The van der Waals surface area contributed by atoms with Crippen LogP contribution in [0.1, 0.15) is 28.4 Å². The van der Waals surface area contributed by atoms with E-state index in [1.165, 1.54) is 0 Å². The summed E-state index contributed by atoms with van der Waals surface area (Å²) in [6.07, 6.45) is 2.74. The topological polar surface area (TPSA) is 63.3 Å². The Morgan fingerprint density at radius 3 is 3.09 bits per heavy atom. The average molecular weight is 330 g/mol. The molecule has 0 fully saturated rings. The summed E-state index contributed by atoms with van der Waals surface area (Å²) in [5.74, 6) is 1.39. The molecule has 0 bridgehead atoms. The maximum Gasteiger partial charge on any atom is 0.254 e. The summed E-state index contributed by atoms with van der Waals surface area (Å²) in [4.78, 5) is 15.1. The predicted molar refractivity (Wildman–Crippen MR) is 89.6 cm³/mol. The highest BCUT2D eigenvalue weighted by Gasteiger charge is 2.22. The second-order valence-electron chi connectivity index (χ2n) is 5.50. The molecule has 0 radical (unpaired) electrons. The maximum atomic E-state index is 12.3. The molecule has 23 heavy (non-hydrogen) atoms. The van der Waals surface area contributed by atoms with Gasteiger partial charge < -0.3 is 19.8 Å². The summed E-state index contributed by atoms with van der Waals surface area (Å²) >= 11 is 5.12. The largest absolute Gasteiger partial charge is 0.496 e. The smallest absolute Gasteiger partial charge is 0.254 e. The molecule has 1 aromatic carbocycles. The minimum Gasteiger partial charge on any atom is -0.496 e. The van der Waals surface area contributed by atoms with E-state index in [-0.39, 0.29) is 12.0 Å². The van der Waals surface area contributed by atoms with Crippen LogP contribution in [0.5, 0.6) is 11.5 Å². The SMILES string of the molecule is COc1cc2c(cc1CNC(=O)c1ccc[nH]c1=S)O[C@@H](C)C2. The average Bonchev–Trinajstić information content (AvgIpc) is 2.90. The number of aromatic nitrogens is 1. The zero-order valence-corrected chi connectivity index (χ0v) is 13.8. The Morgan fingerprint density at radius 2 is 2.35 bits per heavy atom. The van der Waals surface area contributed by atoms with Gasteiger partial charge >= 0.3 is 0 Å². The van der Waals surface area contributed by atoms with Crippen LogP contribution in [0.4, 0.5) is 0 Å². The lowest BCUT2D eigenvalue weighted by Crippen LogP contribution is -2.23. The zero-order chi connectivity index (χ0) is 16.4. The van der Waals surface area contributed by atoms with E-state index < -0.39 is 0 Å². The number of pyridine rings is 1. The van der Waals surface area contributed by atoms with Crippen molar-refractivity contribution in [3.05, 3.63) is 51.8 Å². The van der Waals surface area contributed by atoms with Crippen molar-refractivity contribution >= 4 is 18.1 Å². The fraction of sp³-hybridized carbons (Fsp3) is 0.294. The number of hydrogen-bond acceptors (Lipinski definition) is 4. The van der Waals surface area contributed by atoms with E-state index in [1.807, 2.05) is 19.1 Å². The summed E-state index contributed by atoms with van der Waals surface area (Å²) in [5.41, 5.74) is 2.46. The number of benzene rings is 1. The Bertz CT molecular complexity index is 801. The molecule has 2 heterocycles. The Kier molecular flexibility index (Phi) is 4.34. The molecule has 1 aliphatic rings. The number of methoxy groups -OCH3 is 1. The summed E-state index contributed by atoms with van der Waals surface area (Å²) in [5, 5.41) is 2.87. The quantitative estimate of drug-likeness (QED) is 0.846. The molecule has 6 heteroatoms. The van der Waals surface area contributed by atoms with Crippen molar-refractivity contribution in [3.8, 4) is 11.5 Å². The number of H-pyrrole nitrogens is 1. The van der Waals surface area contributed by atoms with Crippen LogP contribution in [-0.2, 0) is 13.0 Å². The molecule has 2 N–H and O–H groups in total. The van der Waals surface area contributed by atoms with Gasteiger partial charge in [-0.25, -0.2) is 0 Å². The summed E-state index contributed by atoms with van der Waals surface area (Å²) < 4.78 is 11.6. The van der Waals surface area contributed by atoms with E-state index in [9.17, 15) is 4.79 Å². The lowest BCUT2D eigenvalue weighted by molar-refractivity contribution is 0.0949. The minimum atomic E-state index is -0.219. The normalized spacial score (nSPS) is 15.7. The monoisotopic (exact) mass is 330 g/mol. The Morgan fingerprint density at radius 1 is 1.52 bits per heavy atom. The number of aromatic amines is 1. The number of rotatable bonds is 4. The second-order valence-corrected chi connectivity index (χ2v) is 5.91. The summed E-state index contributed by atoms with van der Waals surface area (Å²) in [7, 11) is 1.62. The molecule has 3 rings (SSSR count). The first kappa shape index (κ1) is 15.6. The minimum absolute atomic E-state index is 0.169. The van der Waals surface area contributed by atoms with Crippen LogP contribution in [0.2, 0.25) is 0 Å². The predicted octanol–water partition coefficient (Wildman–Crippen LogP) is 3.01. The van der Waals surface area contributed by atoms with Gasteiger partial charge in [0, 0.05) is 30.3 Å². The first-order valence-corrected chi connectivity index (χ1v) is 7.81. The van der Waals surface area contributed by atoms with E-state index in [4.69, 9.17) is 21.7 Å².